The van der Waals surface area contributed by atoms with Crippen molar-refractivity contribution in [2.75, 3.05) is 6.61 Å². The quantitative estimate of drug-likeness (QED) is 0.471. The Labute approximate surface area is 118 Å². The second kappa shape index (κ2) is 10.5. The predicted octanol–water partition coefficient (Wildman–Crippen LogP) is 4.99. The minimum Gasteiger partial charge on any atom is -0.494 e. The average Bonchev–Trinajstić information content (AvgIpc) is 2.45. The molecule has 0 amide bonds. The van der Waals surface area contributed by atoms with Gasteiger partial charge in [-0.15, -0.1) is 11.8 Å². The van der Waals surface area contributed by atoms with Crippen LogP contribution in [0.4, 0.5) is 0 Å². The summed E-state index contributed by atoms with van der Waals surface area (Å²) in [5.74, 6) is 7.38. The van der Waals surface area contributed by atoms with E-state index in [0.29, 0.717) is 0 Å². The summed E-state index contributed by atoms with van der Waals surface area (Å²) >= 11 is 0. The molecule has 1 aromatic carbocycles. The fraction of sp³-hybridized carbons (Fsp3) is 0.556. The highest BCUT2D eigenvalue weighted by Crippen LogP contribution is 2.13. The Balaban J connectivity index is 2.25. The Kier molecular flexibility index (Phi) is 8.64. The summed E-state index contributed by atoms with van der Waals surface area (Å²) in [5.41, 5.74) is 1.34. The molecule has 0 N–H and O–H groups in total. The van der Waals surface area contributed by atoms with E-state index in [1.165, 1.54) is 18.4 Å². The highest BCUT2D eigenvalue weighted by molar-refractivity contribution is 5.27. The van der Waals surface area contributed by atoms with Crippen LogP contribution in [0.1, 0.15) is 57.9 Å². The Morgan fingerprint density at radius 1 is 0.895 bits per heavy atom. The predicted molar refractivity (Wildman–Crippen MR) is 82.5 cm³/mol. The maximum atomic E-state index is 5.69. The van der Waals surface area contributed by atoms with Crippen molar-refractivity contribution in [1.29, 1.82) is 0 Å². The minimum atomic E-state index is 0.829. The Hall–Kier alpha value is -1.42. The average molecular weight is 258 g/mol. The number of benzene rings is 1. The molecule has 0 heterocycles. The third kappa shape index (κ3) is 7.57. The molecule has 0 saturated carbocycles. The van der Waals surface area contributed by atoms with Gasteiger partial charge in [-0.2, -0.15) is 0 Å². The molecule has 0 bridgehead atoms. The van der Waals surface area contributed by atoms with Gasteiger partial charge in [-0.1, -0.05) is 38.8 Å². The van der Waals surface area contributed by atoms with Gasteiger partial charge in [-0.3, -0.25) is 0 Å². The lowest BCUT2D eigenvalue weighted by Crippen LogP contribution is -1.97. The van der Waals surface area contributed by atoms with Crippen LogP contribution >= 0.6 is 0 Å². The number of hydrogen-bond donors (Lipinski definition) is 0. The third-order valence-electron chi connectivity index (χ3n) is 2.98. The molecular weight excluding hydrogens is 232 g/mol. The van der Waals surface area contributed by atoms with Crippen LogP contribution in [-0.4, -0.2) is 6.61 Å². The Bertz CT molecular complexity index is 380. The van der Waals surface area contributed by atoms with E-state index >= 15 is 0 Å². The summed E-state index contributed by atoms with van der Waals surface area (Å²) in [6.45, 7) is 5.20. The molecule has 0 unspecified atom stereocenters. The lowest BCUT2D eigenvalue weighted by Gasteiger charge is -2.06. The zero-order valence-corrected chi connectivity index (χ0v) is 12.4. The maximum absolute atomic E-state index is 5.69. The first-order chi connectivity index (χ1) is 9.36. The van der Waals surface area contributed by atoms with E-state index in [-0.39, 0.29) is 0 Å². The molecule has 0 fully saturated rings. The Morgan fingerprint density at radius 3 is 2.32 bits per heavy atom. The standard InChI is InChI=1S/C18H26O/c1-3-5-7-8-9-11-17-12-14-18(15-13-17)19-16-10-6-4-2/h12-15H,3-6,9-11,16H2,1-2H3. The molecule has 19 heavy (non-hydrogen) atoms. The van der Waals surface area contributed by atoms with Gasteiger partial charge < -0.3 is 4.74 Å². The van der Waals surface area contributed by atoms with Gasteiger partial charge in [-0.25, -0.2) is 0 Å². The molecule has 104 valence electrons. The van der Waals surface area contributed by atoms with Crippen molar-refractivity contribution in [2.24, 2.45) is 0 Å². The van der Waals surface area contributed by atoms with E-state index in [4.69, 9.17) is 4.74 Å². The number of ether oxygens (including phenoxy) is 1. The molecule has 0 atom stereocenters. The van der Waals surface area contributed by atoms with Crippen LogP contribution in [0, 0.1) is 11.8 Å². The molecule has 1 rings (SSSR count). The highest BCUT2D eigenvalue weighted by atomic mass is 16.5. The van der Waals surface area contributed by atoms with Crippen LogP contribution in [0.2, 0.25) is 0 Å². The fourth-order valence-electron chi connectivity index (χ4n) is 1.80. The fourth-order valence-corrected chi connectivity index (χ4v) is 1.80. The van der Waals surface area contributed by atoms with Gasteiger partial charge in [0.25, 0.3) is 0 Å². The maximum Gasteiger partial charge on any atom is 0.119 e. The van der Waals surface area contributed by atoms with Crippen molar-refractivity contribution < 1.29 is 4.74 Å². The van der Waals surface area contributed by atoms with E-state index in [0.717, 1.165) is 44.5 Å². The van der Waals surface area contributed by atoms with E-state index in [9.17, 15) is 0 Å². The van der Waals surface area contributed by atoms with Gasteiger partial charge in [0.05, 0.1) is 6.61 Å². The number of rotatable bonds is 8. The first-order valence-electron chi connectivity index (χ1n) is 7.54. The van der Waals surface area contributed by atoms with E-state index in [2.05, 4.69) is 50.0 Å². The first kappa shape index (κ1) is 15.6. The minimum absolute atomic E-state index is 0.829. The topological polar surface area (TPSA) is 9.23 Å². The van der Waals surface area contributed by atoms with Gasteiger partial charge >= 0.3 is 0 Å². The van der Waals surface area contributed by atoms with Crippen molar-refractivity contribution in [1.82, 2.24) is 0 Å². The van der Waals surface area contributed by atoms with Crippen LogP contribution in [0.25, 0.3) is 0 Å². The summed E-state index contributed by atoms with van der Waals surface area (Å²) in [6, 6.07) is 8.44. The zero-order chi connectivity index (χ0) is 13.8. The van der Waals surface area contributed by atoms with Crippen molar-refractivity contribution in [3.05, 3.63) is 29.8 Å². The van der Waals surface area contributed by atoms with E-state index < -0.39 is 0 Å². The summed E-state index contributed by atoms with van der Waals surface area (Å²) in [5, 5.41) is 0. The molecule has 0 aromatic heterocycles. The first-order valence-corrected chi connectivity index (χ1v) is 7.54. The number of unbranched alkanes of at least 4 members (excludes halogenated alkanes) is 3. The molecule has 1 nitrogen and oxygen atoms in total. The summed E-state index contributed by atoms with van der Waals surface area (Å²) in [6.07, 6.45) is 7.78. The van der Waals surface area contributed by atoms with Crippen LogP contribution in [-0.2, 0) is 6.42 Å². The summed E-state index contributed by atoms with van der Waals surface area (Å²) in [4.78, 5) is 0. The van der Waals surface area contributed by atoms with E-state index in [1.54, 1.807) is 0 Å². The van der Waals surface area contributed by atoms with Gasteiger partial charge in [0, 0.05) is 12.8 Å². The molecule has 0 aliphatic carbocycles. The van der Waals surface area contributed by atoms with Gasteiger partial charge in [-0.05, 0) is 37.0 Å². The lowest BCUT2D eigenvalue weighted by atomic mass is 10.1. The summed E-state index contributed by atoms with van der Waals surface area (Å²) < 4.78 is 5.69. The highest BCUT2D eigenvalue weighted by Gasteiger charge is 1.95. The molecule has 0 spiro atoms. The molecule has 0 radical (unpaired) electrons. The van der Waals surface area contributed by atoms with Crippen molar-refractivity contribution in [3.8, 4) is 17.6 Å². The molecule has 0 aliphatic rings. The number of hydrogen-bond acceptors (Lipinski definition) is 1. The second-order valence-corrected chi connectivity index (χ2v) is 4.80. The largest absolute Gasteiger partial charge is 0.494 e. The monoisotopic (exact) mass is 258 g/mol. The van der Waals surface area contributed by atoms with Crippen molar-refractivity contribution in [3.63, 3.8) is 0 Å². The Morgan fingerprint density at radius 2 is 1.63 bits per heavy atom. The molecule has 0 saturated heterocycles. The molecule has 1 heteroatoms. The molecular formula is C18H26O. The van der Waals surface area contributed by atoms with Crippen molar-refractivity contribution in [2.45, 2.75) is 58.8 Å². The van der Waals surface area contributed by atoms with E-state index in [1.807, 2.05) is 0 Å². The molecule has 0 aliphatic heterocycles. The number of aryl methyl sites for hydroxylation is 1. The van der Waals surface area contributed by atoms with Crippen LogP contribution in [0.5, 0.6) is 5.75 Å². The van der Waals surface area contributed by atoms with Crippen LogP contribution in [0.15, 0.2) is 24.3 Å². The van der Waals surface area contributed by atoms with Gasteiger partial charge in [0.2, 0.25) is 0 Å². The molecule has 1 aromatic rings. The second-order valence-electron chi connectivity index (χ2n) is 4.80. The summed E-state index contributed by atoms with van der Waals surface area (Å²) in [7, 11) is 0. The SMILES string of the molecule is CCCC#CCCc1ccc(OCCCCC)cc1. The third-order valence-corrected chi connectivity index (χ3v) is 2.98. The van der Waals surface area contributed by atoms with Crippen molar-refractivity contribution >= 4 is 0 Å². The lowest BCUT2D eigenvalue weighted by molar-refractivity contribution is 0.306. The van der Waals surface area contributed by atoms with Crippen LogP contribution in [0.3, 0.4) is 0 Å². The van der Waals surface area contributed by atoms with Gasteiger partial charge in [0.15, 0.2) is 0 Å². The van der Waals surface area contributed by atoms with Crippen LogP contribution < -0.4 is 4.74 Å². The normalized spacial score (nSPS) is 9.79. The smallest absolute Gasteiger partial charge is 0.119 e. The zero-order valence-electron chi connectivity index (χ0n) is 12.4. The van der Waals surface area contributed by atoms with Gasteiger partial charge in [0.1, 0.15) is 5.75 Å².